The zero-order valence-electron chi connectivity index (χ0n) is 23.9. The van der Waals surface area contributed by atoms with Crippen molar-refractivity contribution in [2.24, 2.45) is 13.0 Å². The summed E-state index contributed by atoms with van der Waals surface area (Å²) in [7, 11) is 3.65. The van der Waals surface area contributed by atoms with E-state index in [0.29, 0.717) is 52.8 Å². The number of nitrogens with zero attached hydrogens (tertiary/aromatic N) is 5. The zero-order valence-corrected chi connectivity index (χ0v) is 23.9. The van der Waals surface area contributed by atoms with Gasteiger partial charge in [0, 0.05) is 49.1 Å². The van der Waals surface area contributed by atoms with Crippen LogP contribution in [0.5, 0.6) is 0 Å². The Morgan fingerprint density at radius 3 is 2.68 bits per heavy atom. The molecule has 0 spiro atoms. The monoisotopic (exact) mass is 554 g/mol. The highest BCUT2D eigenvalue weighted by Gasteiger charge is 2.49. The molecule has 2 aromatic heterocycles. The third kappa shape index (κ3) is 4.16. The average molecular weight is 555 g/mol. The molecule has 1 unspecified atom stereocenters. The number of ether oxygens (including phenoxy) is 1. The van der Waals surface area contributed by atoms with Crippen LogP contribution in [0.4, 0.5) is 15.9 Å². The topological polar surface area (TPSA) is 85.2 Å². The van der Waals surface area contributed by atoms with E-state index in [1.807, 2.05) is 30.7 Å². The first-order chi connectivity index (χ1) is 19.8. The summed E-state index contributed by atoms with van der Waals surface area (Å²) in [6.45, 7) is 5.49. The van der Waals surface area contributed by atoms with Crippen molar-refractivity contribution in [3.63, 3.8) is 0 Å². The van der Waals surface area contributed by atoms with Crippen LogP contribution in [-0.4, -0.2) is 45.9 Å². The van der Waals surface area contributed by atoms with E-state index >= 15 is 4.39 Å². The van der Waals surface area contributed by atoms with Crippen LogP contribution in [0.25, 0.3) is 10.8 Å². The van der Waals surface area contributed by atoms with E-state index in [9.17, 15) is 4.79 Å². The lowest BCUT2D eigenvalue weighted by Gasteiger charge is -2.46. The molecule has 41 heavy (non-hydrogen) atoms. The third-order valence-electron chi connectivity index (χ3n) is 9.13. The minimum atomic E-state index is -0.337. The van der Waals surface area contributed by atoms with Gasteiger partial charge < -0.3 is 14.6 Å². The van der Waals surface area contributed by atoms with Gasteiger partial charge in [-0.05, 0) is 86.1 Å². The molecule has 1 N–H and O–H groups in total. The SMILES string of the molecule is COCCNC(C)c1cc2c3c(ccc(F)c3c1)N(c1cc(C3(c4nncn4C)CC(C)C3)cc(C3CC3)n1)C2=O. The van der Waals surface area contributed by atoms with Gasteiger partial charge in [-0.3, -0.25) is 9.69 Å². The van der Waals surface area contributed by atoms with E-state index in [0.717, 1.165) is 48.3 Å². The number of hydrogen-bond acceptors (Lipinski definition) is 6. The molecule has 2 aliphatic carbocycles. The maximum absolute atomic E-state index is 15.3. The fourth-order valence-electron chi connectivity index (χ4n) is 6.92. The summed E-state index contributed by atoms with van der Waals surface area (Å²) in [5, 5.41) is 13.2. The van der Waals surface area contributed by atoms with Gasteiger partial charge in [-0.1, -0.05) is 6.92 Å². The summed E-state index contributed by atoms with van der Waals surface area (Å²) in [6, 6.07) is 11.1. The molecule has 8 nitrogen and oxygen atoms in total. The zero-order chi connectivity index (χ0) is 28.5. The second kappa shape index (κ2) is 9.70. The summed E-state index contributed by atoms with van der Waals surface area (Å²) in [5.41, 5.74) is 3.90. The lowest BCUT2D eigenvalue weighted by Crippen LogP contribution is -2.43. The number of halogens is 1. The molecule has 2 saturated carbocycles. The van der Waals surface area contributed by atoms with Gasteiger partial charge in [-0.2, -0.15) is 0 Å². The van der Waals surface area contributed by atoms with Gasteiger partial charge in [0.25, 0.3) is 5.91 Å². The number of carbonyl (C=O) groups excluding carboxylic acids is 1. The second-order valence-corrected chi connectivity index (χ2v) is 12.1. The largest absolute Gasteiger partial charge is 0.383 e. The standard InChI is InChI=1S/C32H35FN6O2/c1-18-15-32(16-18,31-37-35-17-38(31)3)22-13-26(20-5-6-20)36-28(14-22)39-27-8-7-25(33)23-11-21(19(2)34-9-10-41-4)12-24(29(23)27)30(39)40/h7-8,11-14,17-20,34H,5-6,9-10,15-16H2,1-4H3. The summed E-state index contributed by atoms with van der Waals surface area (Å²) in [6.07, 6.45) is 5.85. The van der Waals surface area contributed by atoms with Gasteiger partial charge in [0.15, 0.2) is 0 Å². The number of hydrogen-bond donors (Lipinski definition) is 1. The van der Waals surface area contributed by atoms with Crippen molar-refractivity contribution in [2.45, 2.75) is 56.9 Å². The molecule has 4 aromatic rings. The smallest absolute Gasteiger partial charge is 0.264 e. The average Bonchev–Trinajstić information content (AvgIpc) is 3.65. The number of carbonyl (C=O) groups is 1. The number of pyridine rings is 1. The van der Waals surface area contributed by atoms with Crippen molar-refractivity contribution < 1.29 is 13.9 Å². The number of benzene rings is 2. The predicted octanol–water partition coefficient (Wildman–Crippen LogP) is 5.68. The molecule has 1 amide bonds. The highest BCUT2D eigenvalue weighted by molar-refractivity contribution is 6.27. The Bertz CT molecular complexity index is 1670. The number of aryl methyl sites for hydroxylation is 1. The fourth-order valence-corrected chi connectivity index (χ4v) is 6.92. The minimum absolute atomic E-state index is 0.0783. The number of methoxy groups -OCH3 is 1. The highest BCUT2D eigenvalue weighted by Crippen LogP contribution is 2.54. The van der Waals surface area contributed by atoms with Crippen molar-refractivity contribution in [3.05, 3.63) is 76.8 Å². The Kier molecular flexibility index (Phi) is 6.21. The van der Waals surface area contributed by atoms with Gasteiger partial charge in [0.05, 0.1) is 23.3 Å². The summed E-state index contributed by atoms with van der Waals surface area (Å²) < 4.78 is 22.4. The lowest BCUT2D eigenvalue weighted by molar-refractivity contribution is 0.100. The molecule has 0 radical (unpaired) electrons. The molecule has 1 aliphatic heterocycles. The second-order valence-electron chi connectivity index (χ2n) is 12.1. The first-order valence-corrected chi connectivity index (χ1v) is 14.5. The Labute approximate surface area is 238 Å². The normalized spacial score (nSPS) is 22.4. The van der Waals surface area contributed by atoms with Crippen LogP contribution in [0.1, 0.15) is 84.5 Å². The van der Waals surface area contributed by atoms with Gasteiger partial charge in [-0.15, -0.1) is 10.2 Å². The van der Waals surface area contributed by atoms with Crippen molar-refractivity contribution in [1.29, 1.82) is 0 Å². The molecular formula is C32H35FN6O2. The van der Waals surface area contributed by atoms with Gasteiger partial charge in [0.2, 0.25) is 0 Å². The number of aromatic nitrogens is 4. The van der Waals surface area contributed by atoms with Crippen molar-refractivity contribution in [3.8, 4) is 0 Å². The summed E-state index contributed by atoms with van der Waals surface area (Å²) >= 11 is 0. The molecule has 2 aromatic carbocycles. The van der Waals surface area contributed by atoms with E-state index in [2.05, 4.69) is 34.6 Å². The van der Waals surface area contributed by atoms with Crippen molar-refractivity contribution in [2.75, 3.05) is 25.2 Å². The molecule has 0 saturated heterocycles. The van der Waals surface area contributed by atoms with Gasteiger partial charge in [-0.25, -0.2) is 9.37 Å². The third-order valence-corrected chi connectivity index (χ3v) is 9.13. The van der Waals surface area contributed by atoms with Crippen LogP contribution in [0.3, 0.4) is 0 Å². The number of amides is 1. The van der Waals surface area contributed by atoms with Crippen LogP contribution in [0.15, 0.2) is 42.7 Å². The Balaban J connectivity index is 1.35. The van der Waals surface area contributed by atoms with Crippen LogP contribution in [0, 0.1) is 11.7 Å². The predicted molar refractivity (Wildman–Crippen MR) is 155 cm³/mol. The summed E-state index contributed by atoms with van der Waals surface area (Å²) in [5.74, 6) is 1.96. The quantitative estimate of drug-likeness (QED) is 0.268. The molecular weight excluding hydrogens is 519 g/mol. The van der Waals surface area contributed by atoms with E-state index in [1.165, 1.54) is 6.07 Å². The van der Waals surface area contributed by atoms with Crippen LogP contribution in [-0.2, 0) is 17.2 Å². The molecule has 212 valence electrons. The molecule has 3 heterocycles. The number of nitrogens with one attached hydrogen (secondary N) is 1. The number of rotatable bonds is 9. The Hall–Kier alpha value is -3.69. The van der Waals surface area contributed by atoms with Gasteiger partial charge >= 0.3 is 0 Å². The Morgan fingerprint density at radius 1 is 1.20 bits per heavy atom. The maximum atomic E-state index is 15.3. The van der Waals surface area contributed by atoms with Crippen molar-refractivity contribution in [1.82, 2.24) is 25.1 Å². The molecule has 7 rings (SSSR count). The van der Waals surface area contributed by atoms with E-state index < -0.39 is 0 Å². The minimum Gasteiger partial charge on any atom is -0.383 e. The molecule has 3 aliphatic rings. The first-order valence-electron chi connectivity index (χ1n) is 14.5. The van der Waals surface area contributed by atoms with Crippen LogP contribution in [0.2, 0.25) is 0 Å². The van der Waals surface area contributed by atoms with Crippen LogP contribution >= 0.6 is 0 Å². The molecule has 2 fully saturated rings. The summed E-state index contributed by atoms with van der Waals surface area (Å²) in [4.78, 5) is 20.9. The first kappa shape index (κ1) is 26.2. The highest BCUT2D eigenvalue weighted by atomic mass is 19.1. The van der Waals surface area contributed by atoms with Gasteiger partial charge in [0.1, 0.15) is 23.8 Å². The number of anilines is 2. The Morgan fingerprint density at radius 2 is 2.00 bits per heavy atom. The van der Waals surface area contributed by atoms with Crippen molar-refractivity contribution >= 4 is 28.2 Å². The van der Waals surface area contributed by atoms with E-state index in [-0.39, 0.29) is 23.2 Å². The molecule has 1 atom stereocenters. The van der Waals surface area contributed by atoms with Crippen LogP contribution < -0.4 is 10.2 Å². The van der Waals surface area contributed by atoms with E-state index in [1.54, 1.807) is 24.4 Å². The maximum Gasteiger partial charge on any atom is 0.264 e. The molecule has 9 heteroatoms. The van der Waals surface area contributed by atoms with E-state index in [4.69, 9.17) is 9.72 Å². The lowest BCUT2D eigenvalue weighted by atomic mass is 9.58. The molecule has 0 bridgehead atoms. The fraction of sp³-hybridized carbons (Fsp3) is 0.438.